The Hall–Kier alpha value is -1.18. The molecule has 1 saturated carbocycles. The highest BCUT2D eigenvalue weighted by Gasteiger charge is 2.15. The van der Waals surface area contributed by atoms with Crippen LogP contribution >= 0.6 is 0 Å². The van der Waals surface area contributed by atoms with Crippen LogP contribution in [0.4, 0.5) is 11.4 Å². The van der Waals surface area contributed by atoms with Gasteiger partial charge in [-0.2, -0.15) is 0 Å². The number of rotatable bonds is 4. The molecule has 0 unspecified atom stereocenters. The summed E-state index contributed by atoms with van der Waals surface area (Å²) in [7, 11) is 0. The topological polar surface area (TPSA) is 15.3 Å². The van der Waals surface area contributed by atoms with E-state index in [9.17, 15) is 0 Å². The standard InChI is InChI=1S/C16H24N2/c1-2-7-14(6-1)13-17-15-8-5-9-16(12-15)18-10-3-4-11-18/h5,8-9,12,14,17H,1-4,6-7,10-11,13H2. The third-order valence-corrected chi connectivity index (χ3v) is 4.39. The fourth-order valence-corrected chi connectivity index (χ4v) is 3.26. The minimum Gasteiger partial charge on any atom is -0.385 e. The number of nitrogens with zero attached hydrogens (tertiary/aromatic N) is 1. The van der Waals surface area contributed by atoms with Crippen LogP contribution in [0.3, 0.4) is 0 Å². The molecule has 0 radical (unpaired) electrons. The maximum Gasteiger partial charge on any atom is 0.0386 e. The van der Waals surface area contributed by atoms with Crippen LogP contribution in [0.15, 0.2) is 24.3 Å². The quantitative estimate of drug-likeness (QED) is 0.864. The highest BCUT2D eigenvalue weighted by Crippen LogP contribution is 2.26. The zero-order valence-corrected chi connectivity index (χ0v) is 11.2. The summed E-state index contributed by atoms with van der Waals surface area (Å²) in [6.07, 6.45) is 8.39. The molecule has 2 fully saturated rings. The van der Waals surface area contributed by atoms with Crippen LogP contribution in [0, 0.1) is 5.92 Å². The second kappa shape index (κ2) is 5.64. The Labute approximate surface area is 110 Å². The predicted octanol–water partition coefficient (Wildman–Crippen LogP) is 3.89. The Morgan fingerprint density at radius 2 is 1.83 bits per heavy atom. The second-order valence-electron chi connectivity index (χ2n) is 5.78. The Balaban J connectivity index is 1.59. The van der Waals surface area contributed by atoms with Crippen molar-refractivity contribution in [2.75, 3.05) is 29.9 Å². The van der Waals surface area contributed by atoms with E-state index in [1.54, 1.807) is 0 Å². The molecule has 2 nitrogen and oxygen atoms in total. The van der Waals surface area contributed by atoms with Crippen LogP contribution in [0.1, 0.15) is 38.5 Å². The van der Waals surface area contributed by atoms with E-state index in [2.05, 4.69) is 34.5 Å². The Morgan fingerprint density at radius 1 is 1.06 bits per heavy atom. The van der Waals surface area contributed by atoms with Crippen molar-refractivity contribution >= 4 is 11.4 Å². The van der Waals surface area contributed by atoms with Crippen molar-refractivity contribution in [1.82, 2.24) is 0 Å². The normalized spacial score (nSPS) is 20.6. The molecule has 1 aromatic carbocycles. The lowest BCUT2D eigenvalue weighted by molar-refractivity contribution is 0.580. The van der Waals surface area contributed by atoms with Crippen molar-refractivity contribution in [3.8, 4) is 0 Å². The second-order valence-corrected chi connectivity index (χ2v) is 5.78. The van der Waals surface area contributed by atoms with Crippen LogP contribution in [-0.2, 0) is 0 Å². The van der Waals surface area contributed by atoms with Crippen molar-refractivity contribution in [3.63, 3.8) is 0 Å². The molecule has 1 heterocycles. The third-order valence-electron chi connectivity index (χ3n) is 4.39. The number of hydrogen-bond donors (Lipinski definition) is 1. The average Bonchev–Trinajstić information content (AvgIpc) is 3.10. The Morgan fingerprint density at radius 3 is 2.61 bits per heavy atom. The van der Waals surface area contributed by atoms with Gasteiger partial charge in [0.05, 0.1) is 0 Å². The first-order chi connectivity index (χ1) is 8.92. The zero-order chi connectivity index (χ0) is 12.2. The lowest BCUT2D eigenvalue weighted by atomic mass is 10.1. The molecule has 0 aromatic heterocycles. The monoisotopic (exact) mass is 244 g/mol. The molecule has 1 aromatic rings. The Kier molecular flexibility index (Phi) is 3.72. The molecular weight excluding hydrogens is 220 g/mol. The smallest absolute Gasteiger partial charge is 0.0386 e. The summed E-state index contributed by atoms with van der Waals surface area (Å²) in [4.78, 5) is 2.50. The van der Waals surface area contributed by atoms with Crippen LogP contribution in [0.2, 0.25) is 0 Å². The number of anilines is 2. The lowest BCUT2D eigenvalue weighted by Gasteiger charge is -2.19. The SMILES string of the molecule is c1cc(NCC2CCCC2)cc(N2CCCC2)c1. The van der Waals surface area contributed by atoms with Gasteiger partial charge < -0.3 is 10.2 Å². The summed E-state index contributed by atoms with van der Waals surface area (Å²) in [6, 6.07) is 8.95. The molecule has 0 amide bonds. The van der Waals surface area contributed by atoms with E-state index in [1.165, 1.54) is 63.0 Å². The maximum absolute atomic E-state index is 3.62. The van der Waals surface area contributed by atoms with Gasteiger partial charge in [-0.25, -0.2) is 0 Å². The van der Waals surface area contributed by atoms with Crippen molar-refractivity contribution in [2.45, 2.75) is 38.5 Å². The van der Waals surface area contributed by atoms with E-state index < -0.39 is 0 Å². The van der Waals surface area contributed by atoms with Gasteiger partial charge in [-0.1, -0.05) is 18.9 Å². The summed E-state index contributed by atoms with van der Waals surface area (Å²) in [5, 5.41) is 3.62. The van der Waals surface area contributed by atoms with Crippen LogP contribution in [0.25, 0.3) is 0 Å². The summed E-state index contributed by atoms with van der Waals surface area (Å²) in [5.74, 6) is 0.903. The lowest BCUT2D eigenvalue weighted by Crippen LogP contribution is -2.18. The van der Waals surface area contributed by atoms with E-state index >= 15 is 0 Å². The molecule has 1 aliphatic carbocycles. The minimum atomic E-state index is 0.903. The number of benzene rings is 1. The van der Waals surface area contributed by atoms with Gasteiger partial charge in [0.2, 0.25) is 0 Å². The van der Waals surface area contributed by atoms with Crippen molar-refractivity contribution in [3.05, 3.63) is 24.3 Å². The van der Waals surface area contributed by atoms with Crippen LogP contribution < -0.4 is 10.2 Å². The molecule has 1 aliphatic heterocycles. The molecule has 18 heavy (non-hydrogen) atoms. The first kappa shape index (κ1) is 11.9. The zero-order valence-electron chi connectivity index (χ0n) is 11.2. The van der Waals surface area contributed by atoms with Gasteiger partial charge in [0.25, 0.3) is 0 Å². The van der Waals surface area contributed by atoms with E-state index in [4.69, 9.17) is 0 Å². The van der Waals surface area contributed by atoms with Gasteiger partial charge in [-0.15, -0.1) is 0 Å². The average molecular weight is 244 g/mol. The molecule has 3 rings (SSSR count). The Bertz CT molecular complexity index is 376. The maximum atomic E-state index is 3.62. The molecule has 1 N–H and O–H groups in total. The van der Waals surface area contributed by atoms with Gasteiger partial charge >= 0.3 is 0 Å². The molecule has 2 heteroatoms. The number of hydrogen-bond acceptors (Lipinski definition) is 2. The molecule has 1 saturated heterocycles. The summed E-state index contributed by atoms with van der Waals surface area (Å²) in [6.45, 7) is 3.61. The third kappa shape index (κ3) is 2.80. The van der Waals surface area contributed by atoms with Gasteiger partial charge in [-0.05, 0) is 49.8 Å². The molecule has 0 spiro atoms. The largest absolute Gasteiger partial charge is 0.385 e. The van der Waals surface area contributed by atoms with E-state index in [0.717, 1.165) is 12.5 Å². The first-order valence-electron chi connectivity index (χ1n) is 7.51. The van der Waals surface area contributed by atoms with Gasteiger partial charge in [0, 0.05) is 31.0 Å². The van der Waals surface area contributed by atoms with Crippen molar-refractivity contribution in [2.24, 2.45) is 5.92 Å². The summed E-state index contributed by atoms with van der Waals surface area (Å²) in [5.41, 5.74) is 2.69. The van der Waals surface area contributed by atoms with Crippen LogP contribution in [0.5, 0.6) is 0 Å². The van der Waals surface area contributed by atoms with E-state index in [0.29, 0.717) is 0 Å². The molecule has 2 aliphatic rings. The minimum absolute atomic E-state index is 0.903. The summed E-state index contributed by atoms with van der Waals surface area (Å²) >= 11 is 0. The predicted molar refractivity (Wildman–Crippen MR) is 78.3 cm³/mol. The van der Waals surface area contributed by atoms with E-state index in [1.807, 2.05) is 0 Å². The molecular formula is C16H24N2. The molecule has 0 atom stereocenters. The fraction of sp³-hybridized carbons (Fsp3) is 0.625. The first-order valence-corrected chi connectivity index (χ1v) is 7.51. The van der Waals surface area contributed by atoms with Crippen LogP contribution in [-0.4, -0.2) is 19.6 Å². The van der Waals surface area contributed by atoms with E-state index in [-0.39, 0.29) is 0 Å². The number of nitrogens with one attached hydrogen (secondary N) is 1. The van der Waals surface area contributed by atoms with Crippen molar-refractivity contribution in [1.29, 1.82) is 0 Å². The van der Waals surface area contributed by atoms with Gasteiger partial charge in [-0.3, -0.25) is 0 Å². The fourth-order valence-electron chi connectivity index (χ4n) is 3.26. The van der Waals surface area contributed by atoms with Crippen molar-refractivity contribution < 1.29 is 0 Å². The highest BCUT2D eigenvalue weighted by molar-refractivity contribution is 5.58. The molecule has 98 valence electrons. The summed E-state index contributed by atoms with van der Waals surface area (Å²) < 4.78 is 0. The van der Waals surface area contributed by atoms with Gasteiger partial charge in [0.1, 0.15) is 0 Å². The van der Waals surface area contributed by atoms with Gasteiger partial charge in [0.15, 0.2) is 0 Å². The highest BCUT2D eigenvalue weighted by atomic mass is 15.1. The molecule has 0 bridgehead atoms.